The van der Waals surface area contributed by atoms with Crippen LogP contribution in [-0.4, -0.2) is 48.1 Å². The summed E-state index contributed by atoms with van der Waals surface area (Å²) in [5, 5.41) is 0. The molecule has 0 bridgehead atoms. The van der Waals surface area contributed by atoms with E-state index >= 15 is 0 Å². The Bertz CT molecular complexity index is 400. The normalized spacial score (nSPS) is 24.1. The quantitative estimate of drug-likeness (QED) is 0.904. The molecule has 1 aromatic rings. The highest BCUT2D eigenvalue weighted by molar-refractivity contribution is 5.21. The maximum absolute atomic E-state index is 6.27. The Kier molecular flexibility index (Phi) is 4.29. The Hall–Kier alpha value is -0.900. The maximum atomic E-state index is 6.27. The second kappa shape index (κ2) is 5.61. The van der Waals surface area contributed by atoms with Crippen LogP contribution in [-0.2, 0) is 0 Å². The van der Waals surface area contributed by atoms with Crippen LogP contribution in [0.2, 0.25) is 0 Å². The number of likely N-dealkylation sites (N-methyl/N-ethyl adjacent to an activating group) is 1. The van der Waals surface area contributed by atoms with Crippen LogP contribution in [0.4, 0.5) is 0 Å². The number of hydrogen-bond donors (Lipinski definition) is 1. The molecular weight excluding hydrogens is 234 g/mol. The molecule has 2 N–H and O–H groups in total. The van der Waals surface area contributed by atoms with Gasteiger partial charge in [0.25, 0.3) is 0 Å². The van der Waals surface area contributed by atoms with Crippen LogP contribution in [0.15, 0.2) is 30.3 Å². The van der Waals surface area contributed by atoms with Gasteiger partial charge in [0.05, 0.1) is 0 Å². The molecule has 1 saturated heterocycles. The van der Waals surface area contributed by atoms with Gasteiger partial charge in [-0.3, -0.25) is 9.80 Å². The summed E-state index contributed by atoms with van der Waals surface area (Å²) in [6.45, 7) is 9.97. The van der Waals surface area contributed by atoms with Crippen molar-refractivity contribution in [2.45, 2.75) is 38.4 Å². The first kappa shape index (κ1) is 14.5. The van der Waals surface area contributed by atoms with Crippen LogP contribution in [0.5, 0.6) is 0 Å². The molecule has 0 aliphatic carbocycles. The van der Waals surface area contributed by atoms with Crippen molar-refractivity contribution in [2.75, 3.05) is 26.7 Å². The van der Waals surface area contributed by atoms with Gasteiger partial charge in [-0.25, -0.2) is 0 Å². The SMILES string of the molecule is CC(N)C(c1ccccc1)N1CCN(C)C(C)(C)C1. The Labute approximate surface area is 117 Å². The van der Waals surface area contributed by atoms with Crippen LogP contribution >= 0.6 is 0 Å². The zero-order chi connectivity index (χ0) is 14.0. The Morgan fingerprint density at radius 3 is 2.32 bits per heavy atom. The molecular formula is C16H27N3. The predicted octanol–water partition coefficient (Wildman–Crippen LogP) is 2.10. The summed E-state index contributed by atoms with van der Waals surface area (Å²) in [5.74, 6) is 0. The smallest absolute Gasteiger partial charge is 0.0497 e. The van der Waals surface area contributed by atoms with Crippen molar-refractivity contribution in [3.63, 3.8) is 0 Å². The number of nitrogens with two attached hydrogens (primary N) is 1. The van der Waals surface area contributed by atoms with E-state index < -0.39 is 0 Å². The molecule has 0 spiro atoms. The first-order valence-electron chi connectivity index (χ1n) is 7.17. The molecule has 1 aliphatic heterocycles. The van der Waals surface area contributed by atoms with Gasteiger partial charge in [-0.2, -0.15) is 0 Å². The lowest BCUT2D eigenvalue weighted by Crippen LogP contribution is -2.59. The summed E-state index contributed by atoms with van der Waals surface area (Å²) in [6.07, 6.45) is 0. The number of hydrogen-bond acceptors (Lipinski definition) is 3. The van der Waals surface area contributed by atoms with Crippen molar-refractivity contribution in [1.82, 2.24) is 9.80 Å². The molecule has 3 nitrogen and oxygen atoms in total. The third-order valence-corrected chi connectivity index (χ3v) is 4.38. The van der Waals surface area contributed by atoms with Crippen LogP contribution < -0.4 is 5.73 Å². The van der Waals surface area contributed by atoms with Crippen molar-refractivity contribution in [3.8, 4) is 0 Å². The minimum atomic E-state index is 0.140. The van der Waals surface area contributed by atoms with Gasteiger partial charge in [0.15, 0.2) is 0 Å². The molecule has 1 fully saturated rings. The van der Waals surface area contributed by atoms with E-state index in [1.165, 1.54) is 5.56 Å². The monoisotopic (exact) mass is 261 g/mol. The van der Waals surface area contributed by atoms with Gasteiger partial charge in [0.1, 0.15) is 0 Å². The zero-order valence-electron chi connectivity index (χ0n) is 12.6. The van der Waals surface area contributed by atoms with E-state index in [1.807, 2.05) is 0 Å². The molecule has 19 heavy (non-hydrogen) atoms. The summed E-state index contributed by atoms with van der Waals surface area (Å²) in [5.41, 5.74) is 7.81. The Morgan fingerprint density at radius 2 is 1.79 bits per heavy atom. The summed E-state index contributed by atoms with van der Waals surface area (Å²) in [7, 11) is 2.21. The van der Waals surface area contributed by atoms with Crippen LogP contribution in [0, 0.1) is 0 Å². The van der Waals surface area contributed by atoms with Gasteiger partial charge >= 0.3 is 0 Å². The number of piperazine rings is 1. The lowest BCUT2D eigenvalue weighted by atomic mass is 9.93. The second-order valence-corrected chi connectivity index (χ2v) is 6.42. The van der Waals surface area contributed by atoms with Crippen molar-refractivity contribution < 1.29 is 0 Å². The first-order valence-corrected chi connectivity index (χ1v) is 7.17. The summed E-state index contributed by atoms with van der Waals surface area (Å²) < 4.78 is 0. The molecule has 0 aromatic heterocycles. The largest absolute Gasteiger partial charge is 0.326 e. The molecule has 0 amide bonds. The van der Waals surface area contributed by atoms with Crippen molar-refractivity contribution in [1.29, 1.82) is 0 Å². The summed E-state index contributed by atoms with van der Waals surface area (Å²) in [6, 6.07) is 11.1. The topological polar surface area (TPSA) is 32.5 Å². The minimum absolute atomic E-state index is 0.140. The third-order valence-electron chi connectivity index (χ3n) is 4.38. The van der Waals surface area contributed by atoms with Crippen LogP contribution in [0.25, 0.3) is 0 Å². The third kappa shape index (κ3) is 3.16. The maximum Gasteiger partial charge on any atom is 0.0497 e. The average molecular weight is 261 g/mol. The van der Waals surface area contributed by atoms with Gasteiger partial charge in [-0.05, 0) is 33.4 Å². The van der Waals surface area contributed by atoms with Gasteiger partial charge in [-0.15, -0.1) is 0 Å². The average Bonchev–Trinajstić information content (AvgIpc) is 2.34. The van der Waals surface area contributed by atoms with E-state index in [2.05, 4.69) is 68.0 Å². The fraction of sp³-hybridized carbons (Fsp3) is 0.625. The van der Waals surface area contributed by atoms with Crippen LogP contribution in [0.1, 0.15) is 32.4 Å². The molecule has 106 valence electrons. The molecule has 2 rings (SSSR count). The highest BCUT2D eigenvalue weighted by Gasteiger charge is 2.35. The van der Waals surface area contributed by atoms with Gasteiger partial charge in [0, 0.05) is 37.3 Å². The number of benzene rings is 1. The highest BCUT2D eigenvalue weighted by atomic mass is 15.3. The van der Waals surface area contributed by atoms with E-state index in [0.717, 1.165) is 19.6 Å². The van der Waals surface area contributed by atoms with Crippen molar-refractivity contribution in [3.05, 3.63) is 35.9 Å². The van der Waals surface area contributed by atoms with E-state index in [1.54, 1.807) is 0 Å². The molecule has 1 aliphatic rings. The van der Waals surface area contributed by atoms with E-state index in [0.29, 0.717) is 6.04 Å². The number of nitrogens with zero attached hydrogens (tertiary/aromatic N) is 2. The van der Waals surface area contributed by atoms with Gasteiger partial charge in [0.2, 0.25) is 0 Å². The molecule has 0 radical (unpaired) electrons. The molecule has 2 unspecified atom stereocenters. The lowest BCUT2D eigenvalue weighted by Gasteiger charge is -2.48. The molecule has 3 heteroatoms. The lowest BCUT2D eigenvalue weighted by molar-refractivity contribution is 0.0112. The van der Waals surface area contributed by atoms with Crippen molar-refractivity contribution in [2.24, 2.45) is 5.73 Å². The van der Waals surface area contributed by atoms with E-state index in [-0.39, 0.29) is 11.6 Å². The fourth-order valence-corrected chi connectivity index (χ4v) is 3.01. The number of rotatable bonds is 3. The summed E-state index contributed by atoms with van der Waals surface area (Å²) in [4.78, 5) is 4.98. The highest BCUT2D eigenvalue weighted by Crippen LogP contribution is 2.29. The van der Waals surface area contributed by atoms with Gasteiger partial charge in [-0.1, -0.05) is 30.3 Å². The second-order valence-electron chi connectivity index (χ2n) is 6.42. The van der Waals surface area contributed by atoms with E-state index in [9.17, 15) is 0 Å². The summed E-state index contributed by atoms with van der Waals surface area (Å²) >= 11 is 0. The molecule has 1 heterocycles. The molecule has 1 aromatic carbocycles. The fourth-order valence-electron chi connectivity index (χ4n) is 3.01. The predicted molar refractivity (Wildman–Crippen MR) is 81.1 cm³/mol. The van der Waals surface area contributed by atoms with Gasteiger partial charge < -0.3 is 5.73 Å². The molecule has 2 atom stereocenters. The van der Waals surface area contributed by atoms with E-state index in [4.69, 9.17) is 5.73 Å². The Morgan fingerprint density at radius 1 is 1.16 bits per heavy atom. The minimum Gasteiger partial charge on any atom is -0.326 e. The standard InChI is InChI=1S/C16H27N3/c1-13(17)15(14-8-6-5-7-9-14)19-11-10-18(4)16(2,3)12-19/h5-9,13,15H,10-12,17H2,1-4H3. The van der Waals surface area contributed by atoms with Crippen molar-refractivity contribution >= 4 is 0 Å². The van der Waals surface area contributed by atoms with Crippen LogP contribution in [0.3, 0.4) is 0 Å². The molecule has 0 saturated carbocycles. The zero-order valence-corrected chi connectivity index (χ0v) is 12.6. The Balaban J connectivity index is 2.22. The first-order chi connectivity index (χ1) is 8.92.